The van der Waals surface area contributed by atoms with Gasteiger partial charge in [-0.1, -0.05) is 55.0 Å². The molecule has 154 valence electrons. The Labute approximate surface area is 170 Å². The molecule has 0 spiro atoms. The van der Waals surface area contributed by atoms with Crippen LogP contribution in [-0.4, -0.2) is 23.8 Å². The van der Waals surface area contributed by atoms with Gasteiger partial charge in [-0.3, -0.25) is 25.2 Å². The van der Waals surface area contributed by atoms with Crippen molar-refractivity contribution in [1.82, 2.24) is 16.2 Å². The van der Waals surface area contributed by atoms with Crippen molar-refractivity contribution in [3.8, 4) is 5.75 Å². The second-order valence-electron chi connectivity index (χ2n) is 6.63. The van der Waals surface area contributed by atoms with Gasteiger partial charge in [0.2, 0.25) is 11.8 Å². The molecule has 3 amide bonds. The van der Waals surface area contributed by atoms with Gasteiger partial charge in [-0.2, -0.15) is 0 Å². The molecule has 0 aromatic heterocycles. The average Bonchev–Trinajstić information content (AvgIpc) is 2.74. The van der Waals surface area contributed by atoms with Crippen molar-refractivity contribution in [3.63, 3.8) is 0 Å². The summed E-state index contributed by atoms with van der Waals surface area (Å²) in [5, 5.41) is 2.75. The Kier molecular flexibility index (Phi) is 8.69. The van der Waals surface area contributed by atoms with Crippen LogP contribution < -0.4 is 20.9 Å². The van der Waals surface area contributed by atoms with Gasteiger partial charge in [0.15, 0.2) is 6.10 Å². The third kappa shape index (κ3) is 8.04. The monoisotopic (exact) mass is 397 g/mol. The maximum atomic E-state index is 12.2. The summed E-state index contributed by atoms with van der Waals surface area (Å²) in [4.78, 5) is 35.9. The Hall–Kier alpha value is -3.35. The Morgan fingerprint density at radius 3 is 2.21 bits per heavy atom. The number of carbonyl (C=O) groups excluding carboxylic acids is 3. The maximum Gasteiger partial charge on any atom is 0.279 e. The van der Waals surface area contributed by atoms with Crippen molar-refractivity contribution >= 4 is 17.7 Å². The second-order valence-corrected chi connectivity index (χ2v) is 6.63. The van der Waals surface area contributed by atoms with E-state index < -0.39 is 17.9 Å². The Morgan fingerprint density at radius 2 is 1.55 bits per heavy atom. The zero-order valence-corrected chi connectivity index (χ0v) is 16.7. The van der Waals surface area contributed by atoms with Gasteiger partial charge in [-0.25, -0.2) is 0 Å². The molecule has 0 unspecified atom stereocenters. The first-order valence-corrected chi connectivity index (χ1v) is 9.60. The summed E-state index contributed by atoms with van der Waals surface area (Å²) < 4.78 is 5.66. The standard InChI is InChI=1S/C22H27N3O4/c1-3-19(29-18-11-9-16(2)10-12-18)22(28)25-24-21(27)14-13-20(26)23-15-17-7-5-4-6-8-17/h4-12,19H,3,13-15H2,1-2H3,(H,23,26)(H,24,27)(H,25,28)/t19-/m0/s1. The first-order chi connectivity index (χ1) is 14.0. The first-order valence-electron chi connectivity index (χ1n) is 9.60. The van der Waals surface area contributed by atoms with Gasteiger partial charge in [0.25, 0.3) is 5.91 Å². The minimum absolute atomic E-state index is 0.0312. The van der Waals surface area contributed by atoms with E-state index in [1.54, 1.807) is 12.1 Å². The van der Waals surface area contributed by atoms with E-state index in [4.69, 9.17) is 4.74 Å². The number of nitrogens with one attached hydrogen (secondary N) is 3. The predicted octanol–water partition coefficient (Wildman–Crippen LogP) is 2.40. The summed E-state index contributed by atoms with van der Waals surface area (Å²) >= 11 is 0. The molecular weight excluding hydrogens is 370 g/mol. The van der Waals surface area contributed by atoms with Gasteiger partial charge in [-0.15, -0.1) is 0 Å². The van der Waals surface area contributed by atoms with Crippen LogP contribution in [0.2, 0.25) is 0 Å². The minimum atomic E-state index is -0.729. The number of carbonyl (C=O) groups is 3. The highest BCUT2D eigenvalue weighted by molar-refractivity contribution is 5.87. The fraction of sp³-hybridized carbons (Fsp3) is 0.318. The third-order valence-corrected chi connectivity index (χ3v) is 4.20. The fourth-order valence-electron chi connectivity index (χ4n) is 2.49. The molecule has 0 aliphatic rings. The van der Waals surface area contributed by atoms with Crippen LogP contribution in [-0.2, 0) is 20.9 Å². The van der Waals surface area contributed by atoms with E-state index >= 15 is 0 Å². The molecule has 29 heavy (non-hydrogen) atoms. The van der Waals surface area contributed by atoms with Crippen molar-refractivity contribution in [2.75, 3.05) is 0 Å². The lowest BCUT2D eigenvalue weighted by molar-refractivity contribution is -0.133. The van der Waals surface area contributed by atoms with Gasteiger partial charge in [0.05, 0.1) is 0 Å². The number of aryl methyl sites for hydroxylation is 1. The van der Waals surface area contributed by atoms with E-state index in [1.807, 2.05) is 56.3 Å². The summed E-state index contributed by atoms with van der Waals surface area (Å²) in [7, 11) is 0. The van der Waals surface area contributed by atoms with Gasteiger partial charge < -0.3 is 10.1 Å². The molecule has 0 saturated carbocycles. The van der Waals surface area contributed by atoms with Crippen LogP contribution in [0.4, 0.5) is 0 Å². The molecule has 3 N–H and O–H groups in total. The molecule has 0 bridgehead atoms. The van der Waals surface area contributed by atoms with Crippen LogP contribution in [0.25, 0.3) is 0 Å². The smallest absolute Gasteiger partial charge is 0.279 e. The summed E-state index contributed by atoms with van der Waals surface area (Å²) in [6.07, 6.45) is -0.285. The van der Waals surface area contributed by atoms with E-state index in [1.165, 1.54) is 0 Å². The largest absolute Gasteiger partial charge is 0.481 e. The summed E-state index contributed by atoms with van der Waals surface area (Å²) in [6.45, 7) is 4.19. The molecule has 0 heterocycles. The van der Waals surface area contributed by atoms with Crippen LogP contribution in [0.5, 0.6) is 5.75 Å². The zero-order valence-electron chi connectivity index (χ0n) is 16.7. The minimum Gasteiger partial charge on any atom is -0.481 e. The van der Waals surface area contributed by atoms with Crippen molar-refractivity contribution in [2.24, 2.45) is 0 Å². The summed E-state index contributed by atoms with van der Waals surface area (Å²) in [5.41, 5.74) is 6.75. The topological polar surface area (TPSA) is 96.5 Å². The fourth-order valence-corrected chi connectivity index (χ4v) is 2.49. The van der Waals surface area contributed by atoms with Crippen molar-refractivity contribution in [2.45, 2.75) is 45.8 Å². The van der Waals surface area contributed by atoms with Crippen LogP contribution in [0.1, 0.15) is 37.3 Å². The lowest BCUT2D eigenvalue weighted by Gasteiger charge is -2.17. The van der Waals surface area contributed by atoms with Gasteiger partial charge >= 0.3 is 0 Å². The van der Waals surface area contributed by atoms with Crippen LogP contribution in [0.15, 0.2) is 54.6 Å². The molecule has 1 atom stereocenters. The SMILES string of the molecule is CC[C@H](Oc1ccc(C)cc1)C(=O)NNC(=O)CCC(=O)NCc1ccccc1. The molecule has 0 fully saturated rings. The summed E-state index contributed by atoms with van der Waals surface area (Å²) in [6, 6.07) is 16.9. The van der Waals surface area contributed by atoms with Crippen molar-refractivity contribution in [1.29, 1.82) is 0 Å². The second kappa shape index (κ2) is 11.5. The average molecular weight is 397 g/mol. The molecule has 2 aromatic carbocycles. The lowest BCUT2D eigenvalue weighted by atomic mass is 10.2. The van der Waals surface area contributed by atoms with Gasteiger partial charge in [0.1, 0.15) is 5.75 Å². The Bertz CT molecular complexity index is 807. The normalized spacial score (nSPS) is 11.2. The highest BCUT2D eigenvalue weighted by atomic mass is 16.5. The zero-order chi connectivity index (χ0) is 21.1. The maximum absolute atomic E-state index is 12.2. The molecular formula is C22H27N3O4. The van der Waals surface area contributed by atoms with E-state index in [0.717, 1.165) is 11.1 Å². The summed E-state index contributed by atoms with van der Waals surface area (Å²) in [5.74, 6) is -0.545. The number of hydrogen-bond acceptors (Lipinski definition) is 4. The Morgan fingerprint density at radius 1 is 0.897 bits per heavy atom. The third-order valence-electron chi connectivity index (χ3n) is 4.20. The molecule has 2 aromatic rings. The van der Waals surface area contributed by atoms with Crippen LogP contribution >= 0.6 is 0 Å². The number of hydrazine groups is 1. The van der Waals surface area contributed by atoms with Crippen molar-refractivity contribution in [3.05, 3.63) is 65.7 Å². The van der Waals surface area contributed by atoms with Crippen LogP contribution in [0, 0.1) is 6.92 Å². The molecule has 0 aliphatic carbocycles. The Balaban J connectivity index is 1.68. The molecule has 0 saturated heterocycles. The molecule has 7 heteroatoms. The van der Waals surface area contributed by atoms with Crippen molar-refractivity contribution < 1.29 is 19.1 Å². The number of hydrogen-bond donors (Lipinski definition) is 3. The molecule has 0 aliphatic heterocycles. The predicted molar refractivity (Wildman–Crippen MR) is 110 cm³/mol. The van der Waals surface area contributed by atoms with E-state index in [9.17, 15) is 14.4 Å². The highest BCUT2D eigenvalue weighted by Gasteiger charge is 2.19. The van der Waals surface area contributed by atoms with E-state index in [2.05, 4.69) is 16.2 Å². The lowest BCUT2D eigenvalue weighted by Crippen LogP contribution is -2.48. The van der Waals surface area contributed by atoms with Gasteiger partial charge in [-0.05, 0) is 31.0 Å². The molecule has 0 radical (unpaired) electrons. The number of ether oxygens (including phenoxy) is 1. The first kappa shape index (κ1) is 21.9. The quantitative estimate of drug-likeness (QED) is 0.566. The van der Waals surface area contributed by atoms with Gasteiger partial charge in [0, 0.05) is 19.4 Å². The number of rotatable bonds is 9. The number of amides is 3. The molecule has 2 rings (SSSR count). The molecule has 7 nitrogen and oxygen atoms in total. The number of benzene rings is 2. The van der Waals surface area contributed by atoms with Crippen LogP contribution in [0.3, 0.4) is 0 Å². The van der Waals surface area contributed by atoms with E-state index in [-0.39, 0.29) is 18.7 Å². The highest BCUT2D eigenvalue weighted by Crippen LogP contribution is 2.14. The van der Waals surface area contributed by atoms with E-state index in [0.29, 0.717) is 18.7 Å².